The van der Waals surface area contributed by atoms with Gasteiger partial charge in [0.2, 0.25) is 0 Å². The van der Waals surface area contributed by atoms with Crippen LogP contribution in [0.3, 0.4) is 0 Å². The Morgan fingerprint density at radius 3 is 2.50 bits per heavy atom. The van der Waals surface area contributed by atoms with Gasteiger partial charge in [-0.25, -0.2) is 9.37 Å². The third-order valence-corrected chi connectivity index (χ3v) is 4.01. The Morgan fingerprint density at radius 2 is 1.83 bits per heavy atom. The van der Waals surface area contributed by atoms with E-state index in [1.54, 1.807) is 4.90 Å². The van der Waals surface area contributed by atoms with Crippen molar-refractivity contribution in [3.63, 3.8) is 0 Å². The number of piperazine rings is 1. The van der Waals surface area contributed by atoms with Crippen LogP contribution in [0.5, 0.6) is 5.75 Å². The van der Waals surface area contributed by atoms with Crippen molar-refractivity contribution in [1.82, 2.24) is 9.88 Å². The number of nitrogens with zero attached hydrogens (tertiary/aromatic N) is 3. The van der Waals surface area contributed by atoms with Crippen LogP contribution in [0.25, 0.3) is 0 Å². The predicted molar refractivity (Wildman–Crippen MR) is 89.7 cm³/mol. The molecule has 1 aliphatic rings. The first-order valence-corrected chi connectivity index (χ1v) is 7.96. The molecule has 1 amide bonds. The highest BCUT2D eigenvalue weighted by molar-refractivity contribution is 5.78. The minimum Gasteiger partial charge on any atom is -0.484 e. The maximum Gasteiger partial charge on any atom is 0.260 e. The molecule has 0 aliphatic carbocycles. The lowest BCUT2D eigenvalue weighted by Gasteiger charge is -2.35. The molecular weight excluding hydrogens is 309 g/mol. The van der Waals surface area contributed by atoms with Gasteiger partial charge in [0.1, 0.15) is 17.4 Å². The van der Waals surface area contributed by atoms with Crippen LogP contribution in [-0.2, 0) is 4.79 Å². The molecule has 126 valence electrons. The van der Waals surface area contributed by atoms with E-state index in [4.69, 9.17) is 4.74 Å². The molecular formula is C18H20FN3O2. The van der Waals surface area contributed by atoms with Crippen molar-refractivity contribution in [2.75, 3.05) is 37.7 Å². The molecule has 2 heterocycles. The first-order chi connectivity index (χ1) is 11.6. The van der Waals surface area contributed by atoms with Crippen molar-refractivity contribution in [1.29, 1.82) is 0 Å². The minimum atomic E-state index is -0.324. The summed E-state index contributed by atoms with van der Waals surface area (Å²) in [7, 11) is 0. The van der Waals surface area contributed by atoms with Crippen LogP contribution in [0, 0.1) is 12.7 Å². The molecule has 3 rings (SSSR count). The standard InChI is InChI=1S/C18H20FN3O2/c1-14-3-2-4-17(20-14)21-9-11-22(12-10-21)18(23)13-24-16-7-5-15(19)6-8-16/h2-8H,9-13H2,1H3. The van der Waals surface area contributed by atoms with Gasteiger partial charge in [-0.15, -0.1) is 0 Å². The molecule has 0 radical (unpaired) electrons. The Bertz CT molecular complexity index is 698. The van der Waals surface area contributed by atoms with Gasteiger partial charge in [-0.05, 0) is 43.3 Å². The van der Waals surface area contributed by atoms with Gasteiger partial charge in [-0.3, -0.25) is 4.79 Å². The zero-order valence-corrected chi connectivity index (χ0v) is 13.6. The number of amides is 1. The minimum absolute atomic E-state index is 0.0334. The van der Waals surface area contributed by atoms with Gasteiger partial charge in [0.25, 0.3) is 5.91 Å². The number of halogens is 1. The molecule has 0 spiro atoms. The van der Waals surface area contributed by atoms with Crippen LogP contribution in [-0.4, -0.2) is 48.6 Å². The van der Waals surface area contributed by atoms with Crippen molar-refractivity contribution < 1.29 is 13.9 Å². The van der Waals surface area contributed by atoms with Gasteiger partial charge in [0.05, 0.1) is 0 Å². The third kappa shape index (κ3) is 4.01. The number of hydrogen-bond donors (Lipinski definition) is 0. The molecule has 0 atom stereocenters. The molecule has 2 aromatic rings. The first-order valence-electron chi connectivity index (χ1n) is 7.96. The number of hydrogen-bond acceptors (Lipinski definition) is 4. The fraction of sp³-hybridized carbons (Fsp3) is 0.333. The number of carbonyl (C=O) groups is 1. The van der Waals surface area contributed by atoms with Crippen LogP contribution in [0.1, 0.15) is 5.69 Å². The summed E-state index contributed by atoms with van der Waals surface area (Å²) < 4.78 is 18.3. The lowest BCUT2D eigenvalue weighted by molar-refractivity contribution is -0.133. The summed E-state index contributed by atoms with van der Waals surface area (Å²) in [6, 6.07) is 11.6. The zero-order valence-electron chi connectivity index (χ0n) is 13.6. The Hall–Kier alpha value is -2.63. The quantitative estimate of drug-likeness (QED) is 0.863. The zero-order chi connectivity index (χ0) is 16.9. The second-order valence-electron chi connectivity index (χ2n) is 5.75. The van der Waals surface area contributed by atoms with Crippen LogP contribution in [0.4, 0.5) is 10.2 Å². The number of aryl methyl sites for hydroxylation is 1. The van der Waals surface area contributed by atoms with Gasteiger partial charge in [0.15, 0.2) is 6.61 Å². The second-order valence-corrected chi connectivity index (χ2v) is 5.75. The molecule has 0 saturated carbocycles. The lowest BCUT2D eigenvalue weighted by atomic mass is 10.3. The Morgan fingerprint density at radius 1 is 1.12 bits per heavy atom. The molecule has 1 aliphatic heterocycles. The van der Waals surface area contributed by atoms with E-state index in [1.165, 1.54) is 24.3 Å². The van der Waals surface area contributed by atoms with Crippen LogP contribution in [0.2, 0.25) is 0 Å². The highest BCUT2D eigenvalue weighted by Gasteiger charge is 2.22. The van der Waals surface area contributed by atoms with Crippen molar-refractivity contribution in [2.45, 2.75) is 6.92 Å². The highest BCUT2D eigenvalue weighted by Crippen LogP contribution is 2.15. The normalized spacial score (nSPS) is 14.6. The van der Waals surface area contributed by atoms with Gasteiger partial charge in [-0.1, -0.05) is 6.07 Å². The molecule has 1 saturated heterocycles. The number of aromatic nitrogens is 1. The third-order valence-electron chi connectivity index (χ3n) is 4.01. The van der Waals surface area contributed by atoms with E-state index in [-0.39, 0.29) is 18.3 Å². The SMILES string of the molecule is Cc1cccc(N2CCN(C(=O)COc3ccc(F)cc3)CC2)n1. The maximum atomic E-state index is 12.8. The average molecular weight is 329 g/mol. The Balaban J connectivity index is 1.49. The number of carbonyl (C=O) groups excluding carboxylic acids is 1. The summed E-state index contributed by atoms with van der Waals surface area (Å²) in [5, 5.41) is 0. The summed E-state index contributed by atoms with van der Waals surface area (Å²) in [6.07, 6.45) is 0. The smallest absolute Gasteiger partial charge is 0.260 e. The van der Waals surface area contributed by atoms with E-state index >= 15 is 0 Å². The largest absolute Gasteiger partial charge is 0.484 e. The average Bonchev–Trinajstić information content (AvgIpc) is 2.61. The first kappa shape index (κ1) is 16.2. The maximum absolute atomic E-state index is 12.8. The van der Waals surface area contributed by atoms with Crippen molar-refractivity contribution in [3.05, 3.63) is 54.0 Å². The summed E-state index contributed by atoms with van der Waals surface area (Å²) in [6.45, 7) is 4.71. The number of ether oxygens (including phenoxy) is 1. The van der Waals surface area contributed by atoms with Crippen molar-refractivity contribution in [2.24, 2.45) is 0 Å². The van der Waals surface area contributed by atoms with E-state index in [0.29, 0.717) is 18.8 Å². The van der Waals surface area contributed by atoms with E-state index < -0.39 is 0 Å². The van der Waals surface area contributed by atoms with Gasteiger partial charge in [0, 0.05) is 31.9 Å². The molecule has 6 heteroatoms. The van der Waals surface area contributed by atoms with Crippen molar-refractivity contribution in [3.8, 4) is 5.75 Å². The Labute approximate surface area is 140 Å². The number of anilines is 1. The number of benzene rings is 1. The van der Waals surface area contributed by atoms with Gasteiger partial charge >= 0.3 is 0 Å². The fourth-order valence-electron chi connectivity index (χ4n) is 2.66. The van der Waals surface area contributed by atoms with E-state index in [2.05, 4.69) is 9.88 Å². The molecule has 0 bridgehead atoms. The van der Waals surface area contributed by atoms with E-state index in [0.717, 1.165) is 24.6 Å². The lowest BCUT2D eigenvalue weighted by Crippen LogP contribution is -2.50. The fourth-order valence-corrected chi connectivity index (χ4v) is 2.66. The molecule has 5 nitrogen and oxygen atoms in total. The molecule has 1 aromatic heterocycles. The van der Waals surface area contributed by atoms with Gasteiger partial charge < -0.3 is 14.5 Å². The van der Waals surface area contributed by atoms with E-state index in [9.17, 15) is 9.18 Å². The molecule has 1 aromatic carbocycles. The van der Waals surface area contributed by atoms with E-state index in [1.807, 2.05) is 25.1 Å². The topological polar surface area (TPSA) is 45.7 Å². The van der Waals surface area contributed by atoms with Crippen molar-refractivity contribution >= 4 is 11.7 Å². The summed E-state index contributed by atoms with van der Waals surface area (Å²) in [5.41, 5.74) is 0.985. The summed E-state index contributed by atoms with van der Waals surface area (Å²) in [4.78, 5) is 20.7. The molecule has 0 N–H and O–H groups in total. The van der Waals surface area contributed by atoms with Crippen LogP contribution < -0.4 is 9.64 Å². The van der Waals surface area contributed by atoms with Crippen LogP contribution >= 0.6 is 0 Å². The molecule has 0 unspecified atom stereocenters. The Kier molecular flexibility index (Phi) is 4.93. The van der Waals surface area contributed by atoms with Crippen LogP contribution in [0.15, 0.2) is 42.5 Å². The number of rotatable bonds is 4. The molecule has 1 fully saturated rings. The highest BCUT2D eigenvalue weighted by atomic mass is 19.1. The summed E-state index contributed by atoms with van der Waals surface area (Å²) in [5.74, 6) is 1.06. The number of pyridine rings is 1. The monoisotopic (exact) mass is 329 g/mol. The molecule has 24 heavy (non-hydrogen) atoms. The second kappa shape index (κ2) is 7.29. The summed E-state index contributed by atoms with van der Waals surface area (Å²) >= 11 is 0. The van der Waals surface area contributed by atoms with Gasteiger partial charge in [-0.2, -0.15) is 0 Å². The predicted octanol–water partition coefficient (Wildman–Crippen LogP) is 2.26.